The van der Waals surface area contributed by atoms with Gasteiger partial charge in [-0.15, -0.1) is 0 Å². The van der Waals surface area contributed by atoms with Crippen molar-refractivity contribution in [2.75, 3.05) is 6.61 Å². The summed E-state index contributed by atoms with van der Waals surface area (Å²) in [6.45, 7) is 1.85. The molecule has 0 atom stereocenters. The van der Waals surface area contributed by atoms with Crippen LogP contribution in [-0.2, 0) is 6.61 Å². The van der Waals surface area contributed by atoms with Crippen molar-refractivity contribution >= 4 is 15.9 Å². The number of halogens is 2. The smallest absolute Gasteiger partial charge is 0.170 e. The Labute approximate surface area is 84.5 Å². The standard InChI is InChI=1S/C9H10BrFO2/c1-2-13-8-4-7(10)3-6(5-12)9(8)11/h3-4,12H,2,5H2,1H3. The molecule has 2 nitrogen and oxygen atoms in total. The molecule has 4 heteroatoms. The summed E-state index contributed by atoms with van der Waals surface area (Å²) in [4.78, 5) is 0. The lowest BCUT2D eigenvalue weighted by atomic mass is 10.2. The van der Waals surface area contributed by atoms with Crippen LogP contribution in [0.2, 0.25) is 0 Å². The third-order valence-electron chi connectivity index (χ3n) is 1.55. The first-order valence-corrected chi connectivity index (χ1v) is 4.70. The molecule has 72 valence electrons. The Morgan fingerprint density at radius 3 is 2.77 bits per heavy atom. The molecule has 0 fully saturated rings. The van der Waals surface area contributed by atoms with Crippen LogP contribution in [0.15, 0.2) is 16.6 Å². The maximum absolute atomic E-state index is 13.3. The zero-order chi connectivity index (χ0) is 9.84. The summed E-state index contributed by atoms with van der Waals surface area (Å²) in [5, 5.41) is 8.82. The summed E-state index contributed by atoms with van der Waals surface area (Å²) in [6, 6.07) is 3.07. The van der Waals surface area contributed by atoms with E-state index in [0.717, 1.165) is 0 Å². The molecule has 0 aliphatic rings. The number of hydrogen-bond acceptors (Lipinski definition) is 2. The van der Waals surface area contributed by atoms with Crippen LogP contribution in [0, 0.1) is 5.82 Å². The highest BCUT2D eigenvalue weighted by Gasteiger charge is 2.09. The number of ether oxygens (including phenoxy) is 1. The van der Waals surface area contributed by atoms with Crippen LogP contribution in [0.1, 0.15) is 12.5 Å². The Balaban J connectivity index is 3.11. The van der Waals surface area contributed by atoms with Gasteiger partial charge in [-0.05, 0) is 19.1 Å². The largest absolute Gasteiger partial charge is 0.491 e. The Hall–Kier alpha value is -0.610. The second-order valence-corrected chi connectivity index (χ2v) is 3.38. The third kappa shape index (κ3) is 2.42. The summed E-state index contributed by atoms with van der Waals surface area (Å²) in [6.07, 6.45) is 0. The van der Waals surface area contributed by atoms with Gasteiger partial charge in [0.25, 0.3) is 0 Å². The minimum atomic E-state index is -0.493. The van der Waals surface area contributed by atoms with Crippen molar-refractivity contribution < 1.29 is 14.2 Å². The molecule has 0 amide bonds. The molecule has 0 heterocycles. The molecule has 1 aromatic rings. The van der Waals surface area contributed by atoms with E-state index in [-0.39, 0.29) is 17.9 Å². The van der Waals surface area contributed by atoms with Gasteiger partial charge in [0.1, 0.15) is 0 Å². The van der Waals surface area contributed by atoms with Crippen LogP contribution in [0.3, 0.4) is 0 Å². The Morgan fingerprint density at radius 1 is 1.54 bits per heavy atom. The molecule has 13 heavy (non-hydrogen) atoms. The van der Waals surface area contributed by atoms with Gasteiger partial charge in [0.15, 0.2) is 11.6 Å². The fraction of sp³-hybridized carbons (Fsp3) is 0.333. The molecule has 0 saturated carbocycles. The zero-order valence-electron chi connectivity index (χ0n) is 7.18. The highest BCUT2D eigenvalue weighted by Crippen LogP contribution is 2.26. The van der Waals surface area contributed by atoms with Crippen LogP contribution in [0.25, 0.3) is 0 Å². The summed E-state index contributed by atoms with van der Waals surface area (Å²) < 4.78 is 19.1. The number of benzene rings is 1. The van der Waals surface area contributed by atoms with E-state index in [0.29, 0.717) is 11.1 Å². The molecule has 0 radical (unpaired) electrons. The van der Waals surface area contributed by atoms with Gasteiger partial charge < -0.3 is 9.84 Å². The minimum Gasteiger partial charge on any atom is -0.491 e. The second kappa shape index (κ2) is 4.58. The van der Waals surface area contributed by atoms with Crippen LogP contribution >= 0.6 is 15.9 Å². The molecule has 0 aromatic heterocycles. The summed E-state index contributed by atoms with van der Waals surface area (Å²) >= 11 is 3.20. The molecule has 0 unspecified atom stereocenters. The summed E-state index contributed by atoms with van der Waals surface area (Å²) in [5.41, 5.74) is 0.234. The maximum atomic E-state index is 13.3. The first-order valence-electron chi connectivity index (χ1n) is 3.90. The molecule has 1 N–H and O–H groups in total. The SMILES string of the molecule is CCOc1cc(Br)cc(CO)c1F. The second-order valence-electron chi connectivity index (χ2n) is 2.47. The lowest BCUT2D eigenvalue weighted by molar-refractivity contribution is 0.269. The fourth-order valence-corrected chi connectivity index (χ4v) is 1.48. The van der Waals surface area contributed by atoms with Crippen molar-refractivity contribution in [2.24, 2.45) is 0 Å². The average molecular weight is 249 g/mol. The lowest BCUT2D eigenvalue weighted by Crippen LogP contribution is -1.98. The molecule has 0 aliphatic heterocycles. The van der Waals surface area contributed by atoms with Gasteiger partial charge in [-0.3, -0.25) is 0 Å². The molecular weight excluding hydrogens is 239 g/mol. The molecule has 1 rings (SSSR count). The van der Waals surface area contributed by atoms with Crippen molar-refractivity contribution in [3.63, 3.8) is 0 Å². The van der Waals surface area contributed by atoms with Gasteiger partial charge in [-0.25, -0.2) is 4.39 Å². The van der Waals surface area contributed by atoms with Gasteiger partial charge in [-0.2, -0.15) is 0 Å². The number of rotatable bonds is 3. The van der Waals surface area contributed by atoms with Crippen molar-refractivity contribution in [3.05, 3.63) is 28.0 Å². The molecule has 0 aliphatic carbocycles. The van der Waals surface area contributed by atoms with E-state index in [2.05, 4.69) is 15.9 Å². The molecule has 0 saturated heterocycles. The third-order valence-corrected chi connectivity index (χ3v) is 2.01. The maximum Gasteiger partial charge on any atom is 0.170 e. The van der Waals surface area contributed by atoms with Gasteiger partial charge in [0.2, 0.25) is 0 Å². The van der Waals surface area contributed by atoms with Gasteiger partial charge in [0, 0.05) is 10.0 Å². The summed E-state index contributed by atoms with van der Waals surface area (Å²) in [7, 11) is 0. The average Bonchev–Trinajstić information content (AvgIpc) is 2.11. The highest BCUT2D eigenvalue weighted by molar-refractivity contribution is 9.10. The van der Waals surface area contributed by atoms with Crippen molar-refractivity contribution in [1.82, 2.24) is 0 Å². The molecule has 0 spiro atoms. The first kappa shape index (κ1) is 10.5. The predicted molar refractivity (Wildman–Crippen MR) is 51.2 cm³/mol. The van der Waals surface area contributed by atoms with E-state index in [9.17, 15) is 4.39 Å². The van der Waals surface area contributed by atoms with Crippen molar-refractivity contribution in [1.29, 1.82) is 0 Å². The van der Waals surface area contributed by atoms with Gasteiger partial charge in [0.05, 0.1) is 13.2 Å². The van der Waals surface area contributed by atoms with Crippen LogP contribution < -0.4 is 4.74 Å². The van der Waals surface area contributed by atoms with E-state index < -0.39 is 5.82 Å². The van der Waals surface area contributed by atoms with Crippen LogP contribution in [0.5, 0.6) is 5.75 Å². The highest BCUT2D eigenvalue weighted by atomic mass is 79.9. The topological polar surface area (TPSA) is 29.5 Å². The van der Waals surface area contributed by atoms with E-state index in [4.69, 9.17) is 9.84 Å². The van der Waals surface area contributed by atoms with Crippen molar-refractivity contribution in [2.45, 2.75) is 13.5 Å². The summed E-state index contributed by atoms with van der Waals surface area (Å²) in [5.74, 6) is -0.325. The normalized spacial score (nSPS) is 10.2. The number of aliphatic hydroxyl groups excluding tert-OH is 1. The Bertz CT molecular complexity index is 302. The number of aliphatic hydroxyl groups is 1. The van der Waals surface area contributed by atoms with E-state index >= 15 is 0 Å². The molecule has 0 bridgehead atoms. The van der Waals surface area contributed by atoms with E-state index in [1.807, 2.05) is 0 Å². The Morgan fingerprint density at radius 2 is 2.23 bits per heavy atom. The van der Waals surface area contributed by atoms with Crippen LogP contribution in [-0.4, -0.2) is 11.7 Å². The van der Waals surface area contributed by atoms with Crippen LogP contribution in [0.4, 0.5) is 4.39 Å². The molecule has 1 aromatic carbocycles. The Kier molecular flexibility index (Phi) is 3.69. The van der Waals surface area contributed by atoms with E-state index in [1.54, 1.807) is 6.92 Å². The minimum absolute atomic E-state index is 0.168. The van der Waals surface area contributed by atoms with Gasteiger partial charge in [-0.1, -0.05) is 15.9 Å². The number of hydrogen-bond donors (Lipinski definition) is 1. The quantitative estimate of drug-likeness (QED) is 0.891. The van der Waals surface area contributed by atoms with E-state index in [1.165, 1.54) is 12.1 Å². The monoisotopic (exact) mass is 248 g/mol. The first-order chi connectivity index (χ1) is 6.19. The van der Waals surface area contributed by atoms with Gasteiger partial charge >= 0.3 is 0 Å². The molecular formula is C9H10BrFO2. The fourth-order valence-electron chi connectivity index (χ4n) is 0.994. The zero-order valence-corrected chi connectivity index (χ0v) is 8.77. The van der Waals surface area contributed by atoms with Crippen molar-refractivity contribution in [3.8, 4) is 5.75 Å². The lowest BCUT2D eigenvalue weighted by Gasteiger charge is -2.07. The predicted octanol–water partition coefficient (Wildman–Crippen LogP) is 2.48.